The molecule has 0 aromatic heterocycles. The summed E-state index contributed by atoms with van der Waals surface area (Å²) < 4.78 is 0. The number of hydrazone groups is 1. The van der Waals surface area contributed by atoms with Crippen molar-refractivity contribution in [1.29, 1.82) is 0 Å². The zero-order valence-electron chi connectivity index (χ0n) is 11.2. The Labute approximate surface area is 100 Å². The van der Waals surface area contributed by atoms with Crippen molar-refractivity contribution < 1.29 is 0 Å². The molecule has 0 saturated carbocycles. The predicted molar refractivity (Wildman–Crippen MR) is 70.4 cm³/mol. The lowest BCUT2D eigenvalue weighted by Crippen LogP contribution is -2.39. The minimum atomic E-state index is 0.525. The molecule has 0 spiro atoms. The van der Waals surface area contributed by atoms with Crippen LogP contribution in [-0.2, 0) is 0 Å². The van der Waals surface area contributed by atoms with Crippen molar-refractivity contribution in [2.45, 2.75) is 65.5 Å². The molecule has 94 valence electrons. The summed E-state index contributed by atoms with van der Waals surface area (Å²) in [5.41, 5.74) is 0. The van der Waals surface area contributed by atoms with Gasteiger partial charge >= 0.3 is 0 Å². The van der Waals surface area contributed by atoms with Crippen LogP contribution in [-0.4, -0.2) is 35.5 Å². The van der Waals surface area contributed by atoms with Crippen LogP contribution in [0, 0.1) is 0 Å². The molecule has 1 unspecified atom stereocenters. The third-order valence-corrected chi connectivity index (χ3v) is 3.23. The normalized spacial score (nSPS) is 19.8. The fourth-order valence-corrected chi connectivity index (χ4v) is 2.23. The van der Waals surface area contributed by atoms with Crippen LogP contribution in [0.2, 0.25) is 0 Å². The number of unbranched alkanes of at least 4 members (excludes halogenated alkanes) is 3. The number of rotatable bonds is 8. The Morgan fingerprint density at radius 3 is 2.50 bits per heavy atom. The fourth-order valence-electron chi connectivity index (χ4n) is 2.23. The van der Waals surface area contributed by atoms with Gasteiger partial charge in [-0.15, -0.1) is 0 Å². The molecule has 1 aliphatic heterocycles. The van der Waals surface area contributed by atoms with Gasteiger partial charge in [0.15, 0.2) is 0 Å². The van der Waals surface area contributed by atoms with Gasteiger partial charge in [-0.2, -0.15) is 5.10 Å². The first kappa shape index (κ1) is 13.3. The molecule has 3 heteroatoms. The Morgan fingerprint density at radius 2 is 1.88 bits per heavy atom. The first-order valence-electron chi connectivity index (χ1n) is 6.89. The Kier molecular flexibility index (Phi) is 6.27. The maximum absolute atomic E-state index is 4.52. The molecule has 0 aromatic rings. The molecule has 1 rings (SSSR count). The zero-order valence-corrected chi connectivity index (χ0v) is 11.2. The van der Waals surface area contributed by atoms with Crippen LogP contribution in [0.1, 0.15) is 59.3 Å². The second-order valence-electron chi connectivity index (χ2n) is 4.55. The zero-order chi connectivity index (χ0) is 11.8. The summed E-state index contributed by atoms with van der Waals surface area (Å²) in [7, 11) is 0. The summed E-state index contributed by atoms with van der Waals surface area (Å²) in [5, 5.41) is 6.80. The van der Waals surface area contributed by atoms with E-state index in [1.807, 2.05) is 6.34 Å². The SMILES string of the molecule is CCCCCCN1N=CN(CC)C1CCC. The van der Waals surface area contributed by atoms with Crippen LogP contribution in [0.25, 0.3) is 0 Å². The molecule has 1 heterocycles. The summed E-state index contributed by atoms with van der Waals surface area (Å²) in [6, 6.07) is 0. The van der Waals surface area contributed by atoms with Gasteiger partial charge in [0.25, 0.3) is 0 Å². The van der Waals surface area contributed by atoms with Crippen LogP contribution < -0.4 is 0 Å². The van der Waals surface area contributed by atoms with Crippen LogP contribution in [0.3, 0.4) is 0 Å². The lowest BCUT2D eigenvalue weighted by atomic mass is 10.2. The predicted octanol–water partition coefficient (Wildman–Crippen LogP) is 3.27. The molecule has 0 amide bonds. The molecule has 1 aliphatic rings. The highest BCUT2D eigenvalue weighted by Crippen LogP contribution is 2.18. The maximum atomic E-state index is 4.52. The standard InChI is InChI=1S/C13H27N3/c1-4-7-8-9-11-16-13(10-5-2)15(6-3)12-14-16/h12-13H,4-11H2,1-3H3. The van der Waals surface area contributed by atoms with Crippen LogP contribution in [0.4, 0.5) is 0 Å². The maximum Gasteiger partial charge on any atom is 0.119 e. The molecular weight excluding hydrogens is 198 g/mol. The summed E-state index contributed by atoms with van der Waals surface area (Å²) >= 11 is 0. The third-order valence-electron chi connectivity index (χ3n) is 3.23. The van der Waals surface area contributed by atoms with E-state index in [4.69, 9.17) is 0 Å². The van der Waals surface area contributed by atoms with Crippen molar-refractivity contribution in [3.63, 3.8) is 0 Å². The van der Waals surface area contributed by atoms with E-state index in [9.17, 15) is 0 Å². The van der Waals surface area contributed by atoms with Gasteiger partial charge in [0.2, 0.25) is 0 Å². The van der Waals surface area contributed by atoms with Crippen LogP contribution >= 0.6 is 0 Å². The van der Waals surface area contributed by atoms with Gasteiger partial charge in [0, 0.05) is 13.1 Å². The van der Waals surface area contributed by atoms with E-state index < -0.39 is 0 Å². The highest BCUT2D eigenvalue weighted by atomic mass is 15.6. The fraction of sp³-hybridized carbons (Fsp3) is 0.923. The molecule has 0 fully saturated rings. The van der Waals surface area contributed by atoms with Crippen molar-refractivity contribution in [2.24, 2.45) is 5.10 Å². The van der Waals surface area contributed by atoms with Gasteiger partial charge in [-0.3, -0.25) is 5.01 Å². The Hall–Kier alpha value is -0.730. The van der Waals surface area contributed by atoms with Gasteiger partial charge in [-0.25, -0.2) is 0 Å². The van der Waals surface area contributed by atoms with Crippen LogP contribution in [0.15, 0.2) is 5.10 Å². The second kappa shape index (κ2) is 7.53. The lowest BCUT2D eigenvalue weighted by Gasteiger charge is -2.29. The highest BCUT2D eigenvalue weighted by molar-refractivity contribution is 5.56. The largest absolute Gasteiger partial charge is 0.340 e. The molecule has 0 aromatic carbocycles. The second-order valence-corrected chi connectivity index (χ2v) is 4.55. The smallest absolute Gasteiger partial charge is 0.119 e. The molecule has 0 radical (unpaired) electrons. The van der Waals surface area contributed by atoms with E-state index in [1.165, 1.54) is 38.5 Å². The first-order valence-corrected chi connectivity index (χ1v) is 6.89. The molecular formula is C13H27N3. The summed E-state index contributed by atoms with van der Waals surface area (Å²) in [6.07, 6.45) is 10.3. The minimum absolute atomic E-state index is 0.525. The summed E-state index contributed by atoms with van der Waals surface area (Å²) in [6.45, 7) is 8.90. The van der Waals surface area contributed by atoms with Gasteiger partial charge < -0.3 is 4.90 Å². The van der Waals surface area contributed by atoms with E-state index >= 15 is 0 Å². The van der Waals surface area contributed by atoms with E-state index in [-0.39, 0.29) is 0 Å². The number of nitrogens with zero attached hydrogens (tertiary/aromatic N) is 3. The Bertz CT molecular complexity index is 203. The third kappa shape index (κ3) is 3.69. The van der Waals surface area contributed by atoms with Crippen LogP contribution in [0.5, 0.6) is 0 Å². The van der Waals surface area contributed by atoms with Crippen molar-refractivity contribution in [3.05, 3.63) is 0 Å². The molecule has 1 atom stereocenters. The average Bonchev–Trinajstić information content (AvgIpc) is 2.68. The highest BCUT2D eigenvalue weighted by Gasteiger charge is 2.24. The number of hydrogen-bond acceptors (Lipinski definition) is 3. The van der Waals surface area contributed by atoms with E-state index in [1.54, 1.807) is 0 Å². The summed E-state index contributed by atoms with van der Waals surface area (Å²) in [4.78, 5) is 2.35. The molecule has 3 nitrogen and oxygen atoms in total. The average molecular weight is 225 g/mol. The van der Waals surface area contributed by atoms with Gasteiger partial charge in [0.05, 0.1) is 0 Å². The van der Waals surface area contributed by atoms with E-state index in [0.29, 0.717) is 6.17 Å². The Balaban J connectivity index is 2.31. The van der Waals surface area contributed by atoms with E-state index in [0.717, 1.165) is 13.1 Å². The summed E-state index contributed by atoms with van der Waals surface area (Å²) in [5.74, 6) is 0. The molecule has 0 saturated heterocycles. The van der Waals surface area contributed by atoms with Crippen molar-refractivity contribution in [3.8, 4) is 0 Å². The Morgan fingerprint density at radius 1 is 1.06 bits per heavy atom. The first-order chi connectivity index (χ1) is 7.83. The van der Waals surface area contributed by atoms with Crippen molar-refractivity contribution in [1.82, 2.24) is 9.91 Å². The van der Waals surface area contributed by atoms with E-state index in [2.05, 4.69) is 35.8 Å². The topological polar surface area (TPSA) is 18.8 Å². The quantitative estimate of drug-likeness (QED) is 0.590. The molecule has 0 bridgehead atoms. The molecule has 0 aliphatic carbocycles. The lowest BCUT2D eigenvalue weighted by molar-refractivity contribution is 0.122. The molecule has 16 heavy (non-hydrogen) atoms. The van der Waals surface area contributed by atoms with Crippen molar-refractivity contribution >= 4 is 6.34 Å². The van der Waals surface area contributed by atoms with Crippen molar-refractivity contribution in [2.75, 3.05) is 13.1 Å². The number of hydrogen-bond donors (Lipinski definition) is 0. The molecule has 0 N–H and O–H groups in total. The monoisotopic (exact) mass is 225 g/mol. The van der Waals surface area contributed by atoms with Gasteiger partial charge in [-0.05, 0) is 19.8 Å². The minimum Gasteiger partial charge on any atom is -0.340 e. The van der Waals surface area contributed by atoms with Gasteiger partial charge in [-0.1, -0.05) is 39.5 Å². The van der Waals surface area contributed by atoms with Gasteiger partial charge in [0.1, 0.15) is 12.5 Å².